The molecule has 144 valence electrons. The number of thiophene rings is 1. The first kappa shape index (κ1) is 20.7. The van der Waals surface area contributed by atoms with Crippen LogP contribution in [0.5, 0.6) is 0 Å². The van der Waals surface area contributed by atoms with Crippen LogP contribution in [-0.4, -0.2) is 36.5 Å². The first-order valence-corrected chi connectivity index (χ1v) is 9.39. The Hall–Kier alpha value is -2.58. The van der Waals surface area contributed by atoms with Crippen molar-refractivity contribution >= 4 is 40.8 Å². The summed E-state index contributed by atoms with van der Waals surface area (Å²) < 4.78 is 5.06. The Kier molecular flexibility index (Phi) is 7.63. The molecule has 0 spiro atoms. The second-order valence-corrected chi connectivity index (χ2v) is 7.08. The van der Waals surface area contributed by atoms with Gasteiger partial charge in [0.25, 0.3) is 5.91 Å². The van der Waals surface area contributed by atoms with Gasteiger partial charge in [-0.1, -0.05) is 23.7 Å². The molecule has 0 bridgehead atoms. The number of ether oxygens (including phenoxy) is 1. The molecule has 27 heavy (non-hydrogen) atoms. The summed E-state index contributed by atoms with van der Waals surface area (Å²) in [6, 6.07) is 7.11. The fourth-order valence-corrected chi connectivity index (χ4v) is 3.13. The topological polar surface area (TPSA) is 102 Å². The molecule has 0 saturated carbocycles. The van der Waals surface area contributed by atoms with Crippen molar-refractivity contribution in [2.45, 2.75) is 19.0 Å². The molecule has 0 radical (unpaired) electrons. The number of nitrogens with zero attached hydrogens (tertiary/aromatic N) is 1. The lowest BCUT2D eigenvalue weighted by Gasteiger charge is -2.19. The molecule has 1 aromatic heterocycles. The molecule has 2 rings (SSSR count). The third-order valence-corrected chi connectivity index (χ3v) is 4.73. The Balaban J connectivity index is 1.88. The van der Waals surface area contributed by atoms with Gasteiger partial charge in [-0.05, 0) is 40.1 Å². The second kappa shape index (κ2) is 9.94. The maximum atomic E-state index is 12.1. The average molecular weight is 410 g/mol. The largest absolute Gasteiger partial charge is 0.455 e. The molecule has 1 atom stereocenters. The van der Waals surface area contributed by atoms with Gasteiger partial charge in [-0.2, -0.15) is 11.3 Å². The summed E-state index contributed by atoms with van der Waals surface area (Å²) in [5.41, 5.74) is 6.83. The van der Waals surface area contributed by atoms with Crippen LogP contribution in [0.3, 0.4) is 0 Å². The molecule has 0 fully saturated rings. The molecule has 9 heteroatoms. The van der Waals surface area contributed by atoms with Crippen LogP contribution in [0.15, 0.2) is 41.1 Å². The minimum Gasteiger partial charge on any atom is -0.455 e. The van der Waals surface area contributed by atoms with Crippen molar-refractivity contribution in [1.82, 2.24) is 10.2 Å². The molecule has 0 aliphatic rings. The Morgan fingerprint density at radius 3 is 2.56 bits per heavy atom. The number of nitrogens with two attached hydrogens (primary N) is 1. The molecule has 0 aliphatic carbocycles. The van der Waals surface area contributed by atoms with Crippen LogP contribution in [0.2, 0.25) is 5.02 Å². The van der Waals surface area contributed by atoms with Gasteiger partial charge in [0.2, 0.25) is 0 Å². The number of carbonyl (C=O) groups is 3. The summed E-state index contributed by atoms with van der Waals surface area (Å²) in [7, 11) is 1.64. The molecule has 2 aromatic rings. The number of hydrogen-bond donors (Lipinski definition) is 2. The van der Waals surface area contributed by atoms with E-state index in [0.29, 0.717) is 17.1 Å². The van der Waals surface area contributed by atoms with Crippen molar-refractivity contribution in [3.05, 3.63) is 57.2 Å². The smallest absolute Gasteiger partial charge is 0.312 e. The number of carbonyl (C=O) groups excluding carboxylic acids is 3. The predicted molar refractivity (Wildman–Crippen MR) is 103 cm³/mol. The van der Waals surface area contributed by atoms with Crippen LogP contribution >= 0.6 is 22.9 Å². The third-order valence-electron chi connectivity index (χ3n) is 3.74. The minimum absolute atomic E-state index is 0.161. The van der Waals surface area contributed by atoms with E-state index < -0.39 is 18.0 Å². The molecule has 3 amide bonds. The van der Waals surface area contributed by atoms with Crippen LogP contribution in [0.1, 0.15) is 23.6 Å². The van der Waals surface area contributed by atoms with Crippen LogP contribution in [0.25, 0.3) is 0 Å². The maximum absolute atomic E-state index is 12.1. The highest BCUT2D eigenvalue weighted by molar-refractivity contribution is 7.07. The van der Waals surface area contributed by atoms with E-state index in [4.69, 9.17) is 22.1 Å². The molecule has 0 saturated heterocycles. The van der Waals surface area contributed by atoms with Crippen molar-refractivity contribution in [2.75, 3.05) is 13.7 Å². The quantitative estimate of drug-likeness (QED) is 0.654. The summed E-state index contributed by atoms with van der Waals surface area (Å²) in [5, 5.41) is 6.89. The monoisotopic (exact) mass is 409 g/mol. The molecule has 0 aliphatic heterocycles. The number of urea groups is 1. The number of rotatable bonds is 8. The number of primary amides is 1. The zero-order chi connectivity index (χ0) is 19.8. The van der Waals surface area contributed by atoms with E-state index in [-0.39, 0.29) is 18.9 Å². The summed E-state index contributed by atoms with van der Waals surface area (Å²) in [5.74, 6) is -0.943. The molecule has 7 nitrogen and oxygen atoms in total. The summed E-state index contributed by atoms with van der Waals surface area (Å²) >= 11 is 7.39. The highest BCUT2D eigenvalue weighted by atomic mass is 35.5. The van der Waals surface area contributed by atoms with Crippen molar-refractivity contribution in [2.24, 2.45) is 5.73 Å². The fourth-order valence-electron chi connectivity index (χ4n) is 2.34. The minimum atomic E-state index is -0.769. The van der Waals surface area contributed by atoms with Gasteiger partial charge in [-0.25, -0.2) is 4.79 Å². The Bertz CT molecular complexity index is 780. The van der Waals surface area contributed by atoms with E-state index in [0.717, 1.165) is 5.56 Å². The highest BCUT2D eigenvalue weighted by Crippen LogP contribution is 2.20. The van der Waals surface area contributed by atoms with Crippen LogP contribution in [0, 0.1) is 0 Å². The molecular weight excluding hydrogens is 390 g/mol. The van der Waals surface area contributed by atoms with Crippen LogP contribution < -0.4 is 11.1 Å². The van der Waals surface area contributed by atoms with Gasteiger partial charge in [0.1, 0.15) is 0 Å². The van der Waals surface area contributed by atoms with E-state index in [1.807, 2.05) is 16.8 Å². The van der Waals surface area contributed by atoms with Gasteiger partial charge in [-0.3, -0.25) is 9.59 Å². The Labute approximate surface area is 166 Å². The first-order valence-electron chi connectivity index (χ1n) is 8.07. The Morgan fingerprint density at radius 2 is 1.96 bits per heavy atom. The number of likely N-dealkylation sites (N-methyl/N-ethyl adjacent to an activating group) is 1. The van der Waals surface area contributed by atoms with Crippen molar-refractivity contribution in [1.29, 1.82) is 0 Å². The van der Waals surface area contributed by atoms with Gasteiger partial charge in [0, 0.05) is 18.6 Å². The van der Waals surface area contributed by atoms with E-state index in [1.54, 1.807) is 42.6 Å². The van der Waals surface area contributed by atoms with Crippen molar-refractivity contribution in [3.8, 4) is 0 Å². The lowest BCUT2D eigenvalue weighted by Crippen LogP contribution is -2.35. The number of esters is 1. The van der Waals surface area contributed by atoms with Crippen LogP contribution in [-0.2, 0) is 20.9 Å². The zero-order valence-electron chi connectivity index (χ0n) is 14.7. The van der Waals surface area contributed by atoms with Gasteiger partial charge in [0.15, 0.2) is 6.61 Å². The fraction of sp³-hybridized carbons (Fsp3) is 0.278. The SMILES string of the molecule is CN(Cc1ccsc1)C(=O)COC(=O)C[C@@H](NC(N)=O)c1ccc(Cl)cc1. The van der Waals surface area contributed by atoms with E-state index in [9.17, 15) is 14.4 Å². The molecular formula is C18H20ClN3O4S. The lowest BCUT2D eigenvalue weighted by molar-refractivity contribution is -0.152. The van der Waals surface area contributed by atoms with Gasteiger partial charge in [-0.15, -0.1) is 0 Å². The van der Waals surface area contributed by atoms with E-state index in [1.165, 1.54) is 4.90 Å². The van der Waals surface area contributed by atoms with E-state index in [2.05, 4.69) is 5.32 Å². The van der Waals surface area contributed by atoms with Gasteiger partial charge in [0.05, 0.1) is 12.5 Å². The van der Waals surface area contributed by atoms with Crippen LogP contribution in [0.4, 0.5) is 4.79 Å². The standard InChI is InChI=1S/C18H20ClN3O4S/c1-22(9-12-6-7-27-11-12)16(23)10-26-17(24)8-15(21-18(20)25)13-2-4-14(19)5-3-13/h2-7,11,15H,8-10H2,1H3,(H3,20,21,25)/t15-/m1/s1. The number of amides is 3. The highest BCUT2D eigenvalue weighted by Gasteiger charge is 2.20. The summed E-state index contributed by atoms with van der Waals surface area (Å²) in [6.45, 7) is 0.0693. The number of benzene rings is 1. The predicted octanol–water partition coefficient (Wildman–Crippen LogP) is 2.70. The average Bonchev–Trinajstić information content (AvgIpc) is 3.12. The second-order valence-electron chi connectivity index (χ2n) is 5.86. The Morgan fingerprint density at radius 1 is 1.26 bits per heavy atom. The van der Waals surface area contributed by atoms with Crippen molar-refractivity contribution < 1.29 is 19.1 Å². The number of hydrogen-bond acceptors (Lipinski definition) is 5. The van der Waals surface area contributed by atoms with E-state index >= 15 is 0 Å². The third kappa shape index (κ3) is 6.92. The molecule has 0 unspecified atom stereocenters. The number of nitrogens with one attached hydrogen (secondary N) is 1. The summed E-state index contributed by atoms with van der Waals surface area (Å²) in [6.07, 6.45) is -0.161. The lowest BCUT2D eigenvalue weighted by atomic mass is 10.0. The number of halogens is 1. The normalized spacial score (nSPS) is 11.5. The maximum Gasteiger partial charge on any atom is 0.312 e. The summed E-state index contributed by atoms with van der Waals surface area (Å²) in [4.78, 5) is 36.9. The molecule has 1 heterocycles. The van der Waals surface area contributed by atoms with Gasteiger partial charge < -0.3 is 20.7 Å². The molecule has 1 aromatic carbocycles. The van der Waals surface area contributed by atoms with Gasteiger partial charge >= 0.3 is 12.0 Å². The zero-order valence-corrected chi connectivity index (χ0v) is 16.3. The first-order chi connectivity index (χ1) is 12.8. The van der Waals surface area contributed by atoms with Crippen molar-refractivity contribution in [3.63, 3.8) is 0 Å². The molecule has 3 N–H and O–H groups in total.